The smallest absolute Gasteiger partial charge is 0.136 e. The number of nitrogens with zero attached hydrogens (tertiary/aromatic N) is 1. The number of hydrogen-bond acceptors (Lipinski definition) is 2. The summed E-state index contributed by atoms with van der Waals surface area (Å²) >= 11 is 0. The van der Waals surface area contributed by atoms with E-state index in [0.717, 1.165) is 33.6 Å². The monoisotopic (exact) mass is 713 g/mol. The van der Waals surface area contributed by atoms with Gasteiger partial charge in [-0.15, -0.1) is 0 Å². The van der Waals surface area contributed by atoms with Crippen molar-refractivity contribution in [1.82, 2.24) is 0 Å². The summed E-state index contributed by atoms with van der Waals surface area (Å²) in [7, 11) is 0. The Labute approximate surface area is 325 Å². The highest BCUT2D eigenvalue weighted by Gasteiger charge is 2.18. The SMILES string of the molecule is c1ccc(-c2ccccc2N(c2ccc(-c3ccc4c(ccc5oc6ccccc6c54)c3)cc2)c2ccc(-c3cc4ccccc4c4ccccc34)cc2)cc1. The Balaban J connectivity index is 1.01. The summed E-state index contributed by atoms with van der Waals surface area (Å²) in [5, 5.41) is 9.80. The Hall–Kier alpha value is -7.42. The minimum absolute atomic E-state index is 0.921. The average molecular weight is 714 g/mol. The van der Waals surface area contributed by atoms with Gasteiger partial charge in [-0.1, -0.05) is 158 Å². The highest BCUT2D eigenvalue weighted by molar-refractivity contribution is 6.19. The van der Waals surface area contributed by atoms with Gasteiger partial charge in [-0.3, -0.25) is 0 Å². The average Bonchev–Trinajstić information content (AvgIpc) is 3.66. The number of para-hydroxylation sites is 2. The van der Waals surface area contributed by atoms with E-state index < -0.39 is 0 Å². The normalized spacial score (nSPS) is 11.6. The molecule has 0 N–H and O–H groups in total. The highest BCUT2D eigenvalue weighted by Crippen LogP contribution is 2.43. The van der Waals surface area contributed by atoms with E-state index in [2.05, 4.69) is 205 Å². The van der Waals surface area contributed by atoms with Crippen molar-refractivity contribution in [2.24, 2.45) is 0 Å². The van der Waals surface area contributed by atoms with E-state index in [9.17, 15) is 0 Å². The van der Waals surface area contributed by atoms with Gasteiger partial charge in [0.05, 0.1) is 5.69 Å². The lowest BCUT2D eigenvalue weighted by Crippen LogP contribution is -2.11. The van der Waals surface area contributed by atoms with Crippen LogP contribution in [0.5, 0.6) is 0 Å². The molecule has 0 amide bonds. The first kappa shape index (κ1) is 32.0. The second kappa shape index (κ2) is 13.2. The second-order valence-electron chi connectivity index (χ2n) is 14.5. The molecule has 0 atom stereocenters. The van der Waals surface area contributed by atoms with Gasteiger partial charge in [0, 0.05) is 27.7 Å². The van der Waals surface area contributed by atoms with Gasteiger partial charge in [0.1, 0.15) is 11.2 Å². The molecule has 262 valence electrons. The first-order valence-electron chi connectivity index (χ1n) is 19.2. The first-order valence-corrected chi connectivity index (χ1v) is 19.2. The molecule has 0 aliphatic rings. The van der Waals surface area contributed by atoms with E-state index >= 15 is 0 Å². The summed E-state index contributed by atoms with van der Waals surface area (Å²) in [6, 6.07) is 76.5. The zero-order valence-corrected chi connectivity index (χ0v) is 30.6. The largest absolute Gasteiger partial charge is 0.456 e. The Bertz CT molecular complexity index is 3230. The third kappa shape index (κ3) is 5.34. The van der Waals surface area contributed by atoms with E-state index in [-0.39, 0.29) is 0 Å². The standard InChI is InChI=1S/C54H35NO/c1-2-12-37(13-3-1)45-16-8-10-20-51(45)55(43-30-24-38(25-31-43)50-35-40-14-4-5-15-44(40)47-17-6-7-18-48(47)50)42-28-22-36(23-29-42)39-26-32-46-41(34-39)27-33-53-54(46)49-19-9-11-21-52(49)56-53/h1-35H. The number of hydrogen-bond donors (Lipinski definition) is 0. The van der Waals surface area contributed by atoms with E-state index in [1.807, 2.05) is 12.1 Å². The topological polar surface area (TPSA) is 16.4 Å². The molecule has 2 nitrogen and oxygen atoms in total. The Morgan fingerprint density at radius 3 is 1.70 bits per heavy atom. The van der Waals surface area contributed by atoms with Crippen molar-refractivity contribution in [3.05, 3.63) is 212 Å². The molecule has 0 saturated heterocycles. The third-order valence-corrected chi connectivity index (χ3v) is 11.3. The summed E-state index contributed by atoms with van der Waals surface area (Å²) in [5.74, 6) is 0. The molecule has 0 aliphatic carbocycles. The van der Waals surface area contributed by atoms with Crippen LogP contribution in [0.4, 0.5) is 17.1 Å². The molecule has 1 heterocycles. The summed E-state index contributed by atoms with van der Waals surface area (Å²) < 4.78 is 6.18. The summed E-state index contributed by atoms with van der Waals surface area (Å²) in [6.07, 6.45) is 0. The van der Waals surface area contributed by atoms with Crippen molar-refractivity contribution in [3.8, 4) is 33.4 Å². The maximum absolute atomic E-state index is 6.18. The van der Waals surface area contributed by atoms with Crippen LogP contribution in [0.1, 0.15) is 0 Å². The Morgan fingerprint density at radius 2 is 0.893 bits per heavy atom. The van der Waals surface area contributed by atoms with E-state index in [4.69, 9.17) is 4.42 Å². The van der Waals surface area contributed by atoms with Gasteiger partial charge in [0.25, 0.3) is 0 Å². The van der Waals surface area contributed by atoms with Gasteiger partial charge in [-0.25, -0.2) is 0 Å². The number of furan rings is 1. The van der Waals surface area contributed by atoms with E-state index in [0.29, 0.717) is 0 Å². The molecule has 1 aromatic heterocycles. The molecule has 2 heteroatoms. The van der Waals surface area contributed by atoms with Crippen molar-refractivity contribution in [2.75, 3.05) is 4.90 Å². The van der Waals surface area contributed by atoms with Crippen LogP contribution in [0.2, 0.25) is 0 Å². The van der Waals surface area contributed by atoms with Crippen molar-refractivity contribution in [2.45, 2.75) is 0 Å². The van der Waals surface area contributed by atoms with Crippen LogP contribution in [0.15, 0.2) is 217 Å². The lowest BCUT2D eigenvalue weighted by molar-refractivity contribution is 0.669. The predicted molar refractivity (Wildman–Crippen MR) is 237 cm³/mol. The van der Waals surface area contributed by atoms with Crippen LogP contribution in [-0.2, 0) is 0 Å². The molecule has 10 aromatic carbocycles. The third-order valence-electron chi connectivity index (χ3n) is 11.3. The second-order valence-corrected chi connectivity index (χ2v) is 14.5. The number of anilines is 3. The quantitative estimate of drug-likeness (QED) is 0.160. The van der Waals surface area contributed by atoms with Crippen LogP contribution in [0.25, 0.3) is 87.6 Å². The molecule has 0 aliphatic heterocycles. The molecule has 56 heavy (non-hydrogen) atoms. The maximum atomic E-state index is 6.18. The van der Waals surface area contributed by atoms with Crippen LogP contribution in [0.3, 0.4) is 0 Å². The van der Waals surface area contributed by atoms with Gasteiger partial charge in [0.2, 0.25) is 0 Å². The summed E-state index contributed by atoms with van der Waals surface area (Å²) in [4.78, 5) is 2.38. The van der Waals surface area contributed by atoms with E-state index in [1.165, 1.54) is 71.1 Å². The van der Waals surface area contributed by atoms with Gasteiger partial charge in [-0.2, -0.15) is 0 Å². The summed E-state index contributed by atoms with van der Waals surface area (Å²) in [5.41, 5.74) is 12.3. The van der Waals surface area contributed by atoms with Gasteiger partial charge < -0.3 is 9.32 Å². The highest BCUT2D eigenvalue weighted by atomic mass is 16.3. The zero-order valence-electron chi connectivity index (χ0n) is 30.6. The molecule has 11 aromatic rings. The maximum Gasteiger partial charge on any atom is 0.136 e. The molecule has 0 unspecified atom stereocenters. The molecular weight excluding hydrogens is 679 g/mol. The van der Waals surface area contributed by atoms with Gasteiger partial charge in [0.15, 0.2) is 0 Å². The lowest BCUT2D eigenvalue weighted by atomic mass is 9.93. The van der Waals surface area contributed by atoms with Crippen molar-refractivity contribution >= 4 is 71.3 Å². The Morgan fingerprint density at radius 1 is 0.304 bits per heavy atom. The van der Waals surface area contributed by atoms with Crippen molar-refractivity contribution in [1.29, 1.82) is 0 Å². The lowest BCUT2D eigenvalue weighted by Gasteiger charge is -2.28. The van der Waals surface area contributed by atoms with Gasteiger partial charge >= 0.3 is 0 Å². The fourth-order valence-corrected chi connectivity index (χ4v) is 8.58. The minimum atomic E-state index is 0.921. The van der Waals surface area contributed by atoms with Crippen molar-refractivity contribution in [3.63, 3.8) is 0 Å². The molecule has 0 radical (unpaired) electrons. The molecule has 0 bridgehead atoms. The van der Waals surface area contributed by atoms with Gasteiger partial charge in [-0.05, 0) is 115 Å². The molecular formula is C54H35NO. The first-order chi connectivity index (χ1) is 27.8. The van der Waals surface area contributed by atoms with Crippen LogP contribution in [-0.4, -0.2) is 0 Å². The Kier molecular flexibility index (Phi) is 7.53. The predicted octanol–water partition coefficient (Wildman–Crippen LogP) is 15.5. The van der Waals surface area contributed by atoms with E-state index in [1.54, 1.807) is 0 Å². The minimum Gasteiger partial charge on any atom is -0.456 e. The van der Waals surface area contributed by atoms with Crippen LogP contribution < -0.4 is 4.90 Å². The number of rotatable bonds is 6. The van der Waals surface area contributed by atoms with Crippen molar-refractivity contribution < 1.29 is 4.42 Å². The number of fused-ring (bicyclic) bond motifs is 8. The summed E-state index contributed by atoms with van der Waals surface area (Å²) in [6.45, 7) is 0. The molecule has 11 rings (SSSR count). The fraction of sp³-hybridized carbons (Fsp3) is 0. The molecule has 0 spiro atoms. The number of benzene rings is 10. The molecule has 0 saturated carbocycles. The van der Waals surface area contributed by atoms with Crippen LogP contribution >= 0.6 is 0 Å². The zero-order chi connectivity index (χ0) is 37.0. The molecule has 0 fully saturated rings. The van der Waals surface area contributed by atoms with Crippen LogP contribution in [0, 0.1) is 0 Å². The fourth-order valence-electron chi connectivity index (χ4n) is 8.58.